The van der Waals surface area contributed by atoms with Crippen LogP contribution in [0.25, 0.3) is 21.9 Å². The van der Waals surface area contributed by atoms with E-state index in [1.54, 1.807) is 18.5 Å². The monoisotopic (exact) mass is 396 g/mol. The lowest BCUT2D eigenvalue weighted by Crippen LogP contribution is -2.56. The summed E-state index contributed by atoms with van der Waals surface area (Å²) in [6.45, 7) is 0.805. The number of anilines is 1. The van der Waals surface area contributed by atoms with Crippen molar-refractivity contribution < 1.29 is 12.8 Å². The quantitative estimate of drug-likeness (QED) is 0.733. The Morgan fingerprint density at radius 1 is 1.21 bits per heavy atom. The summed E-state index contributed by atoms with van der Waals surface area (Å²) >= 11 is 0. The van der Waals surface area contributed by atoms with Crippen molar-refractivity contribution in [2.75, 3.05) is 24.7 Å². The number of rotatable bonds is 4. The number of hydrogen-bond acceptors (Lipinski definition) is 5. The molecule has 0 aliphatic carbocycles. The number of nitrogens with zero attached hydrogens (tertiary/aromatic N) is 3. The second-order valence-electron chi connectivity index (χ2n) is 6.85. The van der Waals surface area contributed by atoms with Gasteiger partial charge in [-0.1, -0.05) is 6.07 Å². The Balaban J connectivity index is 1.72. The van der Waals surface area contributed by atoms with Crippen molar-refractivity contribution in [1.82, 2.24) is 9.29 Å². The summed E-state index contributed by atoms with van der Waals surface area (Å²) in [5.74, 6) is -0.551. The van der Waals surface area contributed by atoms with Crippen molar-refractivity contribution in [2.45, 2.75) is 6.04 Å². The molecule has 0 saturated carbocycles. The van der Waals surface area contributed by atoms with Gasteiger partial charge in [-0.3, -0.25) is 4.98 Å². The number of fused-ring (bicyclic) bond motifs is 1. The van der Waals surface area contributed by atoms with Crippen LogP contribution in [0.2, 0.25) is 0 Å². The van der Waals surface area contributed by atoms with Crippen LogP contribution in [0.5, 0.6) is 0 Å². The van der Waals surface area contributed by atoms with Crippen LogP contribution in [0.1, 0.15) is 5.56 Å². The molecule has 1 N–H and O–H groups in total. The summed E-state index contributed by atoms with van der Waals surface area (Å²) < 4.78 is 38.3. The van der Waals surface area contributed by atoms with Crippen molar-refractivity contribution in [3.8, 4) is 17.2 Å². The molecule has 1 aliphatic heterocycles. The number of pyridine rings is 1. The fourth-order valence-corrected chi connectivity index (χ4v) is 4.20. The van der Waals surface area contributed by atoms with Crippen LogP contribution < -0.4 is 5.32 Å². The summed E-state index contributed by atoms with van der Waals surface area (Å²) in [6.07, 6.45) is 4.64. The zero-order valence-corrected chi connectivity index (χ0v) is 15.9. The molecule has 0 bridgehead atoms. The highest BCUT2D eigenvalue weighted by Crippen LogP contribution is 2.32. The lowest BCUT2D eigenvalue weighted by molar-refractivity contribution is 0.283. The van der Waals surface area contributed by atoms with Gasteiger partial charge in [-0.05, 0) is 46.8 Å². The number of nitrogens with one attached hydrogen (secondary N) is 1. The highest BCUT2D eigenvalue weighted by Gasteiger charge is 2.33. The minimum absolute atomic E-state index is 0.00346. The Bertz CT molecular complexity index is 1210. The minimum Gasteiger partial charge on any atom is -0.379 e. The highest BCUT2D eigenvalue weighted by atomic mass is 32.2. The van der Waals surface area contributed by atoms with Gasteiger partial charge in [0.25, 0.3) is 0 Å². The number of aromatic nitrogens is 1. The van der Waals surface area contributed by atoms with Crippen LogP contribution in [0, 0.1) is 17.1 Å². The van der Waals surface area contributed by atoms with E-state index in [1.807, 2.05) is 24.3 Å². The van der Waals surface area contributed by atoms with E-state index in [-0.39, 0.29) is 11.6 Å². The molecular weight excluding hydrogens is 379 g/mol. The molecule has 0 amide bonds. The maximum Gasteiger partial charge on any atom is 0.211 e. The molecule has 0 radical (unpaired) electrons. The fourth-order valence-electron chi connectivity index (χ4n) is 3.30. The third-order valence-corrected chi connectivity index (χ3v) is 6.09. The summed E-state index contributed by atoms with van der Waals surface area (Å²) in [5.41, 5.74) is 2.37. The SMILES string of the molecule is CS(=O)(=O)N1CC(Nc2cc(-c3ccc(F)c(C#N)c3)cc3ccncc23)C1. The molecule has 1 saturated heterocycles. The van der Waals surface area contributed by atoms with E-state index in [2.05, 4.69) is 10.3 Å². The number of hydrogen-bond donors (Lipinski definition) is 1. The van der Waals surface area contributed by atoms with Gasteiger partial charge < -0.3 is 5.32 Å². The molecule has 1 aromatic heterocycles. The second kappa shape index (κ2) is 6.86. The average molecular weight is 396 g/mol. The standard InChI is InChI=1S/C20H17FN4O2S/c1-28(26,27)25-11-17(12-25)24-20-8-15(7-14-4-5-23-10-18(14)20)13-2-3-19(21)16(6-13)9-22/h2-8,10,17,24H,11-12H2,1H3. The zero-order valence-electron chi connectivity index (χ0n) is 15.1. The van der Waals surface area contributed by atoms with E-state index >= 15 is 0 Å². The molecule has 0 spiro atoms. The molecule has 142 valence electrons. The third-order valence-electron chi connectivity index (χ3n) is 4.85. The lowest BCUT2D eigenvalue weighted by Gasteiger charge is -2.38. The smallest absolute Gasteiger partial charge is 0.211 e. The van der Waals surface area contributed by atoms with Crippen molar-refractivity contribution in [1.29, 1.82) is 5.26 Å². The van der Waals surface area contributed by atoms with E-state index in [1.165, 1.54) is 22.7 Å². The molecule has 8 heteroatoms. The molecule has 6 nitrogen and oxygen atoms in total. The van der Waals surface area contributed by atoms with Gasteiger partial charge in [-0.2, -0.15) is 9.57 Å². The van der Waals surface area contributed by atoms with Crippen LogP contribution in [0.15, 0.2) is 48.8 Å². The molecule has 2 heterocycles. The normalized spacial score (nSPS) is 15.2. The Labute approximate surface area is 162 Å². The van der Waals surface area contributed by atoms with Gasteiger partial charge in [0.05, 0.1) is 17.9 Å². The lowest BCUT2D eigenvalue weighted by atomic mass is 9.98. The third kappa shape index (κ3) is 3.42. The predicted octanol–water partition coefficient (Wildman–Crippen LogP) is 2.97. The Kier molecular flexibility index (Phi) is 4.49. The average Bonchev–Trinajstić information content (AvgIpc) is 2.63. The van der Waals surface area contributed by atoms with Crippen molar-refractivity contribution in [3.05, 3.63) is 60.2 Å². The Morgan fingerprint density at radius 3 is 2.71 bits per heavy atom. The van der Waals surface area contributed by atoms with Gasteiger partial charge in [0.15, 0.2) is 0 Å². The van der Waals surface area contributed by atoms with Gasteiger partial charge in [-0.25, -0.2) is 12.8 Å². The molecule has 1 aliphatic rings. The summed E-state index contributed by atoms with van der Waals surface area (Å²) in [7, 11) is -3.18. The number of benzene rings is 2. The molecule has 3 aromatic rings. The molecule has 28 heavy (non-hydrogen) atoms. The van der Waals surface area contributed by atoms with Gasteiger partial charge >= 0.3 is 0 Å². The van der Waals surface area contributed by atoms with Crippen LogP contribution in [0.3, 0.4) is 0 Å². The van der Waals surface area contributed by atoms with Gasteiger partial charge in [0, 0.05) is 36.6 Å². The molecule has 2 aromatic carbocycles. The topological polar surface area (TPSA) is 86.1 Å². The van der Waals surface area contributed by atoms with Crippen LogP contribution in [0.4, 0.5) is 10.1 Å². The fraction of sp³-hybridized carbons (Fsp3) is 0.200. The maximum absolute atomic E-state index is 13.7. The minimum atomic E-state index is -3.18. The first kappa shape index (κ1) is 18.3. The van der Waals surface area contributed by atoms with E-state index in [4.69, 9.17) is 5.26 Å². The van der Waals surface area contributed by atoms with Crippen LogP contribution >= 0.6 is 0 Å². The number of sulfonamides is 1. The van der Waals surface area contributed by atoms with Crippen molar-refractivity contribution >= 4 is 26.5 Å². The molecule has 1 fully saturated rings. The van der Waals surface area contributed by atoms with E-state index < -0.39 is 15.8 Å². The Morgan fingerprint density at radius 2 is 2.00 bits per heavy atom. The van der Waals surface area contributed by atoms with Crippen molar-refractivity contribution in [2.24, 2.45) is 0 Å². The van der Waals surface area contributed by atoms with Gasteiger partial charge in [-0.15, -0.1) is 0 Å². The van der Waals surface area contributed by atoms with Crippen LogP contribution in [-0.2, 0) is 10.0 Å². The van der Waals surface area contributed by atoms with Crippen LogP contribution in [-0.4, -0.2) is 43.1 Å². The van der Waals surface area contributed by atoms with Gasteiger partial charge in [0.1, 0.15) is 11.9 Å². The highest BCUT2D eigenvalue weighted by molar-refractivity contribution is 7.88. The summed E-state index contributed by atoms with van der Waals surface area (Å²) in [6, 6.07) is 12.1. The molecule has 4 rings (SSSR count). The second-order valence-corrected chi connectivity index (χ2v) is 8.83. The van der Waals surface area contributed by atoms with E-state index in [0.29, 0.717) is 13.1 Å². The first-order valence-electron chi connectivity index (χ1n) is 8.64. The summed E-state index contributed by atoms with van der Waals surface area (Å²) in [5, 5.41) is 14.3. The molecule has 0 unspecified atom stereocenters. The molecular formula is C20H17FN4O2S. The first-order valence-corrected chi connectivity index (χ1v) is 10.5. The largest absolute Gasteiger partial charge is 0.379 e. The Hall–Kier alpha value is -3.02. The zero-order chi connectivity index (χ0) is 19.9. The van der Waals surface area contributed by atoms with Crippen molar-refractivity contribution in [3.63, 3.8) is 0 Å². The van der Waals surface area contributed by atoms with E-state index in [9.17, 15) is 12.8 Å². The maximum atomic E-state index is 13.7. The predicted molar refractivity (Wildman–Crippen MR) is 106 cm³/mol. The van der Waals surface area contributed by atoms with Gasteiger partial charge in [0.2, 0.25) is 10.0 Å². The number of halogens is 1. The first-order chi connectivity index (χ1) is 13.3. The molecule has 0 atom stereocenters. The van der Waals surface area contributed by atoms with E-state index in [0.717, 1.165) is 27.6 Å². The number of nitriles is 1. The summed E-state index contributed by atoms with van der Waals surface area (Å²) in [4.78, 5) is 4.18.